The molecule has 1 aromatic carbocycles. The third-order valence-corrected chi connectivity index (χ3v) is 7.29. The molecule has 1 aromatic rings. The lowest BCUT2D eigenvalue weighted by atomic mass is 10.0. The Balaban J connectivity index is 2.38. The molecule has 0 amide bonds. The Hall–Kier alpha value is -2.20. The van der Waals surface area contributed by atoms with Gasteiger partial charge in [0, 0.05) is 11.1 Å². The van der Waals surface area contributed by atoms with Crippen LogP contribution in [-0.2, 0) is 12.8 Å². The summed E-state index contributed by atoms with van der Waals surface area (Å²) in [6.07, 6.45) is 26.4. The van der Waals surface area contributed by atoms with Gasteiger partial charge in [0.25, 0.3) is 0 Å². The molecule has 0 heterocycles. The Kier molecular flexibility index (Phi) is 22.3. The second-order valence-electron chi connectivity index (χ2n) is 10.8. The quantitative estimate of drug-likeness (QED) is 0.113. The molecule has 0 saturated heterocycles. The maximum atomic E-state index is 9.35. The molecule has 0 aliphatic heterocycles. The molecule has 0 bridgehead atoms. The van der Waals surface area contributed by atoms with Gasteiger partial charge in [-0.1, -0.05) is 129 Å². The van der Waals surface area contributed by atoms with Gasteiger partial charge in [0.1, 0.15) is 11.5 Å². The van der Waals surface area contributed by atoms with Crippen LogP contribution in [0.4, 0.5) is 0 Å². The molecule has 4 nitrogen and oxygen atoms in total. The first kappa shape index (κ1) is 33.8. The van der Waals surface area contributed by atoms with Gasteiger partial charge < -0.3 is 9.47 Å². The van der Waals surface area contributed by atoms with Crippen molar-refractivity contribution in [1.82, 2.24) is 0 Å². The van der Waals surface area contributed by atoms with Gasteiger partial charge >= 0.3 is 0 Å². The summed E-state index contributed by atoms with van der Waals surface area (Å²) in [5.41, 5.74) is 1.72. The van der Waals surface area contributed by atoms with Crippen LogP contribution in [0.25, 0.3) is 0 Å². The number of rotatable bonds is 26. The van der Waals surface area contributed by atoms with Crippen molar-refractivity contribution >= 4 is 0 Å². The fraction of sp³-hybridized carbons (Fsp3) is 0.765. The highest BCUT2D eigenvalue weighted by Gasteiger charge is 2.13. The summed E-state index contributed by atoms with van der Waals surface area (Å²) >= 11 is 0. The van der Waals surface area contributed by atoms with E-state index in [1.807, 2.05) is 12.1 Å². The smallest absolute Gasteiger partial charge is 0.124 e. The third-order valence-electron chi connectivity index (χ3n) is 7.29. The van der Waals surface area contributed by atoms with Crippen LogP contribution in [0.2, 0.25) is 0 Å². The van der Waals surface area contributed by atoms with E-state index in [-0.39, 0.29) is 12.8 Å². The zero-order valence-corrected chi connectivity index (χ0v) is 24.8. The SMILES string of the molecule is CCCCCCCCCCCCOc1cc(CC#N)c(OCCCCCCCCCCCC)cc1CC#N. The number of hydrogen-bond donors (Lipinski definition) is 0. The summed E-state index contributed by atoms with van der Waals surface area (Å²) in [5, 5.41) is 18.7. The van der Waals surface area contributed by atoms with Crippen molar-refractivity contribution in [3.63, 3.8) is 0 Å². The molecule has 0 aliphatic carbocycles. The molecule has 0 radical (unpaired) electrons. The van der Waals surface area contributed by atoms with Crippen molar-refractivity contribution in [3.05, 3.63) is 23.3 Å². The maximum absolute atomic E-state index is 9.35. The molecule has 0 N–H and O–H groups in total. The largest absolute Gasteiger partial charge is 0.493 e. The van der Waals surface area contributed by atoms with Gasteiger partial charge in [-0.05, 0) is 25.0 Å². The summed E-state index contributed by atoms with van der Waals surface area (Å²) in [4.78, 5) is 0. The maximum Gasteiger partial charge on any atom is 0.124 e. The molecule has 38 heavy (non-hydrogen) atoms. The minimum absolute atomic E-state index is 0.287. The van der Waals surface area contributed by atoms with Gasteiger partial charge in [-0.2, -0.15) is 10.5 Å². The van der Waals surface area contributed by atoms with Gasteiger partial charge in [-0.15, -0.1) is 0 Å². The van der Waals surface area contributed by atoms with Crippen LogP contribution in [0.3, 0.4) is 0 Å². The number of hydrogen-bond acceptors (Lipinski definition) is 4. The first-order valence-electron chi connectivity index (χ1n) is 15.9. The van der Waals surface area contributed by atoms with Crippen molar-refractivity contribution in [2.45, 2.75) is 155 Å². The highest BCUT2D eigenvalue weighted by atomic mass is 16.5. The molecule has 0 saturated carbocycles. The molecule has 0 aromatic heterocycles. The average Bonchev–Trinajstić information content (AvgIpc) is 2.92. The summed E-state index contributed by atoms with van der Waals surface area (Å²) in [7, 11) is 0. The highest BCUT2D eigenvalue weighted by Crippen LogP contribution is 2.30. The summed E-state index contributed by atoms with van der Waals surface area (Å²) in [6, 6.07) is 8.38. The standard InChI is InChI=1S/C34H56N2O2/c1-3-5-7-9-11-13-15-17-19-21-27-37-33-29-32(24-26-36)34(30-31(33)23-25-35)38-28-22-20-18-16-14-12-10-8-6-4-2/h29-30H,3-24,27-28H2,1-2H3. The lowest BCUT2D eigenvalue weighted by Gasteiger charge is -2.16. The van der Waals surface area contributed by atoms with Crippen molar-refractivity contribution in [2.24, 2.45) is 0 Å². The van der Waals surface area contributed by atoms with E-state index in [1.165, 1.54) is 116 Å². The Bertz CT molecular complexity index is 712. The minimum atomic E-state index is 0.287. The molecule has 4 heteroatoms. The van der Waals surface area contributed by atoms with Crippen LogP contribution >= 0.6 is 0 Å². The molecule has 0 fully saturated rings. The lowest BCUT2D eigenvalue weighted by molar-refractivity contribution is 0.292. The Labute approximate surface area is 235 Å². The zero-order chi connectivity index (χ0) is 27.5. The van der Waals surface area contributed by atoms with E-state index in [0.29, 0.717) is 13.2 Å². The fourth-order valence-electron chi connectivity index (χ4n) is 4.90. The van der Waals surface area contributed by atoms with Gasteiger partial charge in [-0.3, -0.25) is 0 Å². The summed E-state index contributed by atoms with van der Waals surface area (Å²) < 4.78 is 12.2. The zero-order valence-electron chi connectivity index (χ0n) is 24.8. The monoisotopic (exact) mass is 524 g/mol. The van der Waals surface area contributed by atoms with Crippen LogP contribution in [0, 0.1) is 22.7 Å². The van der Waals surface area contributed by atoms with Crippen molar-refractivity contribution in [3.8, 4) is 23.6 Å². The molecule has 0 aliphatic rings. The molecule has 0 atom stereocenters. The molecular formula is C34H56N2O2. The normalized spacial score (nSPS) is 10.7. The molecule has 1 rings (SSSR count). The number of benzene rings is 1. The molecule has 0 spiro atoms. The van der Waals surface area contributed by atoms with Gasteiger partial charge in [0.15, 0.2) is 0 Å². The van der Waals surface area contributed by atoms with E-state index >= 15 is 0 Å². The second kappa shape index (κ2) is 25.1. The minimum Gasteiger partial charge on any atom is -0.493 e. The number of ether oxygens (including phenoxy) is 2. The van der Waals surface area contributed by atoms with E-state index in [9.17, 15) is 10.5 Å². The van der Waals surface area contributed by atoms with Gasteiger partial charge in [0.05, 0.1) is 38.2 Å². The number of unbranched alkanes of at least 4 members (excludes halogenated alkanes) is 18. The first-order valence-corrected chi connectivity index (χ1v) is 15.9. The Morgan fingerprint density at radius 2 is 0.763 bits per heavy atom. The van der Waals surface area contributed by atoms with Crippen LogP contribution < -0.4 is 9.47 Å². The first-order chi connectivity index (χ1) is 18.8. The Morgan fingerprint density at radius 3 is 1.05 bits per heavy atom. The molecular weight excluding hydrogens is 468 g/mol. The number of nitrogens with zero attached hydrogens (tertiary/aromatic N) is 2. The van der Waals surface area contributed by atoms with E-state index in [0.717, 1.165) is 35.5 Å². The highest BCUT2D eigenvalue weighted by molar-refractivity contribution is 5.48. The van der Waals surface area contributed by atoms with E-state index in [4.69, 9.17) is 9.47 Å². The average molecular weight is 525 g/mol. The van der Waals surface area contributed by atoms with Crippen molar-refractivity contribution in [2.75, 3.05) is 13.2 Å². The number of nitriles is 2. The van der Waals surface area contributed by atoms with Crippen LogP contribution in [0.1, 0.15) is 153 Å². The summed E-state index contributed by atoms with van der Waals surface area (Å²) in [5.74, 6) is 1.47. The van der Waals surface area contributed by atoms with E-state index in [2.05, 4.69) is 26.0 Å². The third kappa shape index (κ3) is 17.3. The molecule has 0 unspecified atom stereocenters. The second-order valence-corrected chi connectivity index (χ2v) is 10.8. The van der Waals surface area contributed by atoms with Gasteiger partial charge in [-0.25, -0.2) is 0 Å². The predicted molar refractivity (Wildman–Crippen MR) is 160 cm³/mol. The van der Waals surface area contributed by atoms with E-state index < -0.39 is 0 Å². The molecule has 214 valence electrons. The summed E-state index contributed by atoms with van der Waals surface area (Å²) in [6.45, 7) is 5.83. The van der Waals surface area contributed by atoms with E-state index in [1.54, 1.807) is 0 Å². The lowest BCUT2D eigenvalue weighted by Crippen LogP contribution is -2.05. The Morgan fingerprint density at radius 1 is 0.474 bits per heavy atom. The van der Waals surface area contributed by atoms with Crippen molar-refractivity contribution < 1.29 is 9.47 Å². The van der Waals surface area contributed by atoms with Crippen LogP contribution in [-0.4, -0.2) is 13.2 Å². The topological polar surface area (TPSA) is 66.0 Å². The van der Waals surface area contributed by atoms with Gasteiger partial charge in [0.2, 0.25) is 0 Å². The van der Waals surface area contributed by atoms with Crippen LogP contribution in [0.5, 0.6) is 11.5 Å². The fourth-order valence-corrected chi connectivity index (χ4v) is 4.90. The van der Waals surface area contributed by atoms with Crippen molar-refractivity contribution in [1.29, 1.82) is 10.5 Å². The predicted octanol–water partition coefficient (Wildman–Crippen LogP) is 10.4. The van der Waals surface area contributed by atoms with Crippen LogP contribution in [0.15, 0.2) is 12.1 Å².